The largest absolute Gasteiger partial charge is 0.508 e. The molecule has 0 radical (unpaired) electrons. The van der Waals surface area contributed by atoms with Crippen LogP contribution in [0.2, 0.25) is 0 Å². The number of phenols is 1. The van der Waals surface area contributed by atoms with Gasteiger partial charge in [0.25, 0.3) is 5.91 Å². The molecular weight excluding hydrogens is 963 g/mol. The molecule has 2 saturated heterocycles. The van der Waals surface area contributed by atoms with Crippen molar-refractivity contribution in [2.45, 2.75) is 97.9 Å². The van der Waals surface area contributed by atoms with Gasteiger partial charge in [0, 0.05) is 62.5 Å². The number of aryl methyl sites for hydroxylation is 1. The van der Waals surface area contributed by atoms with E-state index in [1.165, 1.54) is 21.5 Å². The first-order valence-corrected chi connectivity index (χ1v) is 23.3. The molecule has 384 valence electrons. The number of rotatable bonds is 10. The molecule has 14 nitrogen and oxygen atoms in total. The molecule has 7 rings (SSSR count). The number of benzene rings is 3. The van der Waals surface area contributed by atoms with Gasteiger partial charge in [0.05, 0.1) is 18.2 Å². The number of aromatic hydroxyl groups is 1. The van der Waals surface area contributed by atoms with Crippen molar-refractivity contribution in [2.24, 2.45) is 17.3 Å². The number of nitrogens with one attached hydrogen (secondary N) is 2. The Morgan fingerprint density at radius 1 is 0.957 bits per heavy atom. The first-order chi connectivity index (χ1) is 31.4. The van der Waals surface area contributed by atoms with Crippen LogP contribution in [0, 0.1) is 17.3 Å². The summed E-state index contributed by atoms with van der Waals surface area (Å²) >= 11 is 0. The van der Waals surface area contributed by atoms with Gasteiger partial charge in [0.2, 0.25) is 17.7 Å². The molecule has 3 aliphatic heterocycles. The average molecular weight is 1040 g/mol. The highest BCUT2D eigenvalue weighted by Crippen LogP contribution is 2.41. The second-order valence-corrected chi connectivity index (χ2v) is 19.8. The van der Waals surface area contributed by atoms with E-state index < -0.39 is 47.2 Å². The Morgan fingerprint density at radius 3 is 2.36 bits per heavy atom. The third-order valence-corrected chi connectivity index (χ3v) is 13.2. The number of carbonyl (C=O) groups excluding carboxylic acids is 5. The maximum atomic E-state index is 14.7. The van der Waals surface area contributed by atoms with Crippen LogP contribution in [0.5, 0.6) is 5.75 Å². The first-order valence-electron chi connectivity index (χ1n) is 23.3. The number of aromatic nitrogens is 1. The van der Waals surface area contributed by atoms with Crippen molar-refractivity contribution in [2.75, 3.05) is 47.4 Å². The van der Waals surface area contributed by atoms with Crippen LogP contribution in [-0.4, -0.2) is 124 Å². The van der Waals surface area contributed by atoms with E-state index in [0.29, 0.717) is 37.8 Å². The molecule has 18 heteroatoms. The van der Waals surface area contributed by atoms with E-state index >= 15 is 0 Å². The monoisotopic (exact) mass is 1040 g/mol. The van der Waals surface area contributed by atoms with Gasteiger partial charge in [-0.1, -0.05) is 64.6 Å². The molecule has 0 saturated carbocycles. The Hall–Kier alpha value is -4.59. The summed E-state index contributed by atoms with van der Waals surface area (Å²) in [5, 5.41) is 16.8. The lowest BCUT2D eigenvalue weighted by atomic mass is 9.84. The number of hydrogen-bond donors (Lipinski definition) is 3. The fourth-order valence-corrected chi connectivity index (χ4v) is 10.1. The second kappa shape index (κ2) is 25.2. The Balaban J connectivity index is 0.00000324. The summed E-state index contributed by atoms with van der Waals surface area (Å²) < 4.78 is 8.47. The molecule has 4 heterocycles. The molecule has 4 aromatic rings. The van der Waals surface area contributed by atoms with Gasteiger partial charge < -0.3 is 34.4 Å². The van der Waals surface area contributed by atoms with Gasteiger partial charge in [0.1, 0.15) is 23.9 Å². The van der Waals surface area contributed by atoms with Crippen molar-refractivity contribution < 1.29 is 33.8 Å². The topological polar surface area (TPSA) is 157 Å². The van der Waals surface area contributed by atoms with Crippen LogP contribution in [-0.2, 0) is 54.6 Å². The number of cyclic esters (lactones) is 1. The number of nitrogens with zero attached hydrogens (tertiary/aromatic N) is 5. The highest BCUT2D eigenvalue weighted by molar-refractivity contribution is 7.59. The van der Waals surface area contributed by atoms with Gasteiger partial charge in [-0.05, 0) is 122 Å². The average Bonchev–Trinajstić information content (AvgIpc) is 3.89. The maximum absolute atomic E-state index is 14.7. The molecule has 0 unspecified atom stereocenters. The number of fused-ring (bicyclic) bond motifs is 6. The Kier molecular flexibility index (Phi) is 21.5. The van der Waals surface area contributed by atoms with Gasteiger partial charge in [-0.15, -0.1) is 0 Å². The van der Waals surface area contributed by atoms with E-state index in [9.17, 15) is 29.1 Å². The highest BCUT2D eigenvalue weighted by atomic mass is 32.1. The van der Waals surface area contributed by atoms with Gasteiger partial charge in [-0.2, -0.15) is 54.0 Å². The third-order valence-electron chi connectivity index (χ3n) is 13.2. The smallest absolute Gasteiger partial charge is 0.324 e. The van der Waals surface area contributed by atoms with Gasteiger partial charge in [0.15, 0.2) is 0 Å². The van der Waals surface area contributed by atoms with Crippen LogP contribution in [0.15, 0.2) is 73.3 Å². The Bertz CT molecular complexity index is 2530. The fourth-order valence-electron chi connectivity index (χ4n) is 10.1. The number of likely N-dealkylation sites (N-methyl/N-ethyl adjacent to an activating group) is 1. The number of likely N-dealkylation sites (tertiary alicyclic amines) is 1. The number of esters is 1. The third kappa shape index (κ3) is 13.3. The molecule has 3 aliphatic rings. The molecule has 3 aromatic carbocycles. The summed E-state index contributed by atoms with van der Waals surface area (Å²) in [5.74, 6) is -2.78. The molecule has 70 heavy (non-hydrogen) atoms. The SMILES string of the molecule is C=CC(=O)N1CC[C@H](C(=O)N(C)[C@@H](C(=O)N[C@H]2Cc3cc(O)cc(c3)-c3ccc4c(c3)c(c(-c3cccc(CN(C)C)c3)n4CC)CC(C)(C)COC(=O)[C@@H]3CCCN(N3)C2=O)C(C)C)C1.S.S.S.S. The highest BCUT2D eigenvalue weighted by Gasteiger charge is 2.40. The number of amides is 4. The Morgan fingerprint density at radius 2 is 1.69 bits per heavy atom. The minimum Gasteiger partial charge on any atom is -0.508 e. The van der Waals surface area contributed by atoms with E-state index in [-0.39, 0.29) is 104 Å². The van der Waals surface area contributed by atoms with Crippen molar-refractivity contribution in [3.05, 3.63) is 90.0 Å². The summed E-state index contributed by atoms with van der Waals surface area (Å²) in [5.41, 5.74) is 10.4. The summed E-state index contributed by atoms with van der Waals surface area (Å²) in [6.07, 6.45) is 3.27. The van der Waals surface area contributed by atoms with E-state index in [1.807, 2.05) is 26.0 Å². The van der Waals surface area contributed by atoms with Gasteiger partial charge >= 0.3 is 5.97 Å². The van der Waals surface area contributed by atoms with E-state index in [0.717, 1.165) is 51.9 Å². The maximum Gasteiger partial charge on any atom is 0.324 e. The molecule has 2 fully saturated rings. The number of ether oxygens (including phenoxy) is 1. The number of phenolic OH excluding ortho intramolecular Hbond substituents is 1. The fraction of sp³-hybridized carbons (Fsp3) is 0.481. The van der Waals surface area contributed by atoms with Gasteiger partial charge in [-0.3, -0.25) is 29.0 Å². The van der Waals surface area contributed by atoms with Crippen LogP contribution in [0.3, 0.4) is 0 Å². The summed E-state index contributed by atoms with van der Waals surface area (Å²) in [6, 6.07) is 17.4. The van der Waals surface area contributed by atoms with Crippen LogP contribution in [0.1, 0.15) is 70.6 Å². The molecule has 3 N–H and O–H groups in total. The molecule has 1 aromatic heterocycles. The van der Waals surface area contributed by atoms with Crippen LogP contribution >= 0.6 is 54.0 Å². The van der Waals surface area contributed by atoms with Crippen molar-refractivity contribution in [3.63, 3.8) is 0 Å². The van der Waals surface area contributed by atoms with E-state index in [4.69, 9.17) is 4.74 Å². The van der Waals surface area contributed by atoms with Crippen molar-refractivity contribution in [3.8, 4) is 28.1 Å². The zero-order chi connectivity index (χ0) is 47.6. The zero-order valence-electron chi connectivity index (χ0n) is 41.9. The van der Waals surface area contributed by atoms with Crippen molar-refractivity contribution in [1.82, 2.24) is 35.0 Å². The summed E-state index contributed by atoms with van der Waals surface area (Å²) in [4.78, 5) is 74.5. The van der Waals surface area contributed by atoms with Crippen molar-refractivity contribution >= 4 is 94.5 Å². The van der Waals surface area contributed by atoms with Crippen LogP contribution in [0.25, 0.3) is 33.3 Å². The lowest BCUT2D eigenvalue weighted by Gasteiger charge is -2.37. The minimum atomic E-state index is -1.15. The molecule has 4 atom stereocenters. The second-order valence-electron chi connectivity index (χ2n) is 19.8. The molecule has 0 aliphatic carbocycles. The molecule has 6 bridgehead atoms. The number of hydrazine groups is 1. The Labute approximate surface area is 441 Å². The van der Waals surface area contributed by atoms with E-state index in [1.54, 1.807) is 24.1 Å². The number of carbonyl (C=O) groups is 5. The normalized spacial score (nSPS) is 19.4. The lowest BCUT2D eigenvalue weighted by molar-refractivity contribution is -0.155. The van der Waals surface area contributed by atoms with Crippen LogP contribution < -0.4 is 10.7 Å². The quantitative estimate of drug-likeness (QED) is 0.121. The predicted octanol–water partition coefficient (Wildman–Crippen LogP) is 6.38. The number of hydrogen-bond acceptors (Lipinski definition) is 9. The molecule has 0 spiro atoms. The van der Waals surface area contributed by atoms with Gasteiger partial charge in [-0.25, -0.2) is 5.43 Å². The van der Waals surface area contributed by atoms with E-state index in [2.05, 4.69) is 98.1 Å². The minimum absolute atomic E-state index is 0. The molecule has 4 amide bonds. The lowest BCUT2D eigenvalue weighted by Crippen LogP contribution is -2.62. The predicted molar refractivity (Wildman–Crippen MR) is 297 cm³/mol. The van der Waals surface area contributed by atoms with Crippen molar-refractivity contribution in [1.29, 1.82) is 0 Å². The van der Waals surface area contributed by atoms with Crippen LogP contribution in [0.4, 0.5) is 0 Å². The standard InChI is InChI=1S/C52H67N7O7.4H2S/c1-10-45(61)57-21-19-37(30-57)49(63)56(9)46(32(3)4)48(62)53-43-25-34-23-38(26-39(60)24-34)35-17-18-44-40(27-35)41(47(58(44)11-2)36-15-12-14-33(22-36)29-55(7)8)28-52(5,6)31-66-51(65)42-16-13-20-59(54-42)50(43)64;;;;/h10,12,14-15,17-18,22-24,26-27,32,37,42-43,46,54,60H,1,11,13,16,19-21,25,28-31H2,2-9H3,(H,53,62);4*1H2/t37-,42-,43-,46+;;;;/m0..../s1. The first kappa shape index (κ1) is 59.7. The summed E-state index contributed by atoms with van der Waals surface area (Å²) in [7, 11) is 5.71. The molecular formula is C52H75N7O7S4. The zero-order valence-corrected chi connectivity index (χ0v) is 45.9. The summed E-state index contributed by atoms with van der Waals surface area (Å²) in [6.45, 7) is 16.2.